The van der Waals surface area contributed by atoms with Crippen molar-refractivity contribution in [2.24, 2.45) is 4.99 Å². The lowest BCUT2D eigenvalue weighted by Gasteiger charge is -2.27. The molecule has 3 nitrogen and oxygen atoms in total. The number of amides is 1. The Bertz CT molecular complexity index is 539. The van der Waals surface area contributed by atoms with Crippen LogP contribution in [0.2, 0.25) is 0 Å². The van der Waals surface area contributed by atoms with Gasteiger partial charge in [0.25, 0.3) is 5.91 Å². The topological polar surface area (TPSA) is 32.7 Å². The Hall–Kier alpha value is -0.940. The molecule has 1 saturated heterocycles. The normalized spacial score (nSPS) is 18.7. The zero-order chi connectivity index (χ0) is 14.5. The van der Waals surface area contributed by atoms with E-state index in [0.29, 0.717) is 0 Å². The van der Waals surface area contributed by atoms with Gasteiger partial charge in [0.1, 0.15) is 4.38 Å². The number of nitrogens with zero attached hydrogens (tertiary/aromatic N) is 2. The van der Waals surface area contributed by atoms with Crippen molar-refractivity contribution < 1.29 is 4.79 Å². The summed E-state index contributed by atoms with van der Waals surface area (Å²) in [6, 6.07) is 8.03. The Morgan fingerprint density at radius 1 is 1.24 bits per heavy atom. The lowest BCUT2D eigenvalue weighted by molar-refractivity contribution is 0.0723. The number of carbonyl (C=O) groups excluding carboxylic acids is 1. The third kappa shape index (κ3) is 3.83. The Balaban J connectivity index is 1.70. The number of rotatable bonds is 3. The molecule has 1 aromatic rings. The molecule has 0 bridgehead atoms. The van der Waals surface area contributed by atoms with E-state index in [1.54, 1.807) is 11.8 Å². The number of likely N-dealkylation sites (tertiary alicyclic amines) is 1. The lowest BCUT2D eigenvalue weighted by atomic mass is 10.1. The van der Waals surface area contributed by atoms with Crippen molar-refractivity contribution >= 4 is 33.8 Å². The largest absolute Gasteiger partial charge is 0.339 e. The highest BCUT2D eigenvalue weighted by Crippen LogP contribution is 2.27. The van der Waals surface area contributed by atoms with Gasteiger partial charge in [-0.2, -0.15) is 0 Å². The fraction of sp³-hybridized carbons (Fsp3) is 0.500. The summed E-state index contributed by atoms with van der Waals surface area (Å²) in [5.41, 5.74) is 2.00. The van der Waals surface area contributed by atoms with Gasteiger partial charge < -0.3 is 4.90 Å². The average molecular weight is 320 g/mol. The average Bonchev–Trinajstić information content (AvgIpc) is 3.07. The van der Waals surface area contributed by atoms with Crippen molar-refractivity contribution in [2.45, 2.75) is 25.0 Å². The van der Waals surface area contributed by atoms with Crippen molar-refractivity contribution in [1.29, 1.82) is 0 Å². The molecule has 3 rings (SSSR count). The van der Waals surface area contributed by atoms with Gasteiger partial charge in [-0.3, -0.25) is 9.79 Å². The Kier molecular flexibility index (Phi) is 5.25. The summed E-state index contributed by atoms with van der Waals surface area (Å²) in [7, 11) is 0. The first kappa shape index (κ1) is 15.0. The van der Waals surface area contributed by atoms with Gasteiger partial charge in [0, 0.05) is 30.2 Å². The first-order chi connectivity index (χ1) is 10.3. The molecule has 21 heavy (non-hydrogen) atoms. The van der Waals surface area contributed by atoms with E-state index in [4.69, 9.17) is 0 Å². The van der Waals surface area contributed by atoms with Gasteiger partial charge in [-0.1, -0.05) is 41.7 Å². The molecule has 2 aliphatic rings. The van der Waals surface area contributed by atoms with E-state index in [1.165, 1.54) is 6.42 Å². The highest BCUT2D eigenvalue weighted by Gasteiger charge is 2.20. The number of thioether (sulfide) groups is 2. The molecule has 0 spiro atoms. The summed E-state index contributed by atoms with van der Waals surface area (Å²) in [6.07, 6.45) is 3.52. The number of benzene rings is 1. The number of piperidine rings is 1. The van der Waals surface area contributed by atoms with Crippen LogP contribution >= 0.6 is 23.5 Å². The Morgan fingerprint density at radius 3 is 2.81 bits per heavy atom. The van der Waals surface area contributed by atoms with Crippen LogP contribution in [0.1, 0.15) is 35.2 Å². The SMILES string of the molecule is O=C(c1ccccc1CSC1=NCCS1)N1CCCCC1. The van der Waals surface area contributed by atoms with Crippen molar-refractivity contribution in [3.05, 3.63) is 35.4 Å². The minimum atomic E-state index is 0.201. The van der Waals surface area contributed by atoms with E-state index < -0.39 is 0 Å². The molecule has 5 heteroatoms. The molecule has 1 fully saturated rings. The van der Waals surface area contributed by atoms with Crippen LogP contribution in [0.25, 0.3) is 0 Å². The van der Waals surface area contributed by atoms with Gasteiger partial charge in [-0.15, -0.1) is 0 Å². The molecule has 1 aromatic carbocycles. The predicted molar refractivity (Wildman–Crippen MR) is 92.3 cm³/mol. The fourth-order valence-electron chi connectivity index (χ4n) is 2.66. The van der Waals surface area contributed by atoms with Crippen LogP contribution < -0.4 is 0 Å². The number of hydrogen-bond donors (Lipinski definition) is 0. The van der Waals surface area contributed by atoms with Crippen LogP contribution in [0.15, 0.2) is 29.3 Å². The van der Waals surface area contributed by atoms with E-state index in [-0.39, 0.29) is 5.91 Å². The minimum absolute atomic E-state index is 0.201. The van der Waals surface area contributed by atoms with E-state index in [2.05, 4.69) is 11.1 Å². The molecule has 0 atom stereocenters. The van der Waals surface area contributed by atoms with Crippen molar-refractivity contribution in [3.63, 3.8) is 0 Å². The van der Waals surface area contributed by atoms with Crippen LogP contribution in [0, 0.1) is 0 Å². The molecular weight excluding hydrogens is 300 g/mol. The van der Waals surface area contributed by atoms with Crippen LogP contribution in [0.4, 0.5) is 0 Å². The maximum Gasteiger partial charge on any atom is 0.254 e. The summed E-state index contributed by atoms with van der Waals surface area (Å²) >= 11 is 3.58. The quantitative estimate of drug-likeness (QED) is 0.852. The van der Waals surface area contributed by atoms with Crippen molar-refractivity contribution in [3.8, 4) is 0 Å². The summed E-state index contributed by atoms with van der Waals surface area (Å²) in [5.74, 6) is 2.13. The summed E-state index contributed by atoms with van der Waals surface area (Å²) in [4.78, 5) is 19.2. The minimum Gasteiger partial charge on any atom is -0.339 e. The fourth-order valence-corrected chi connectivity index (χ4v) is 4.68. The molecular formula is C16H20N2OS2. The van der Waals surface area contributed by atoms with Crippen LogP contribution in [0.3, 0.4) is 0 Å². The number of hydrogen-bond acceptors (Lipinski definition) is 4. The molecule has 1 amide bonds. The molecule has 0 saturated carbocycles. The molecule has 0 aromatic heterocycles. The molecule has 0 aliphatic carbocycles. The smallest absolute Gasteiger partial charge is 0.254 e. The predicted octanol–water partition coefficient (Wildman–Crippen LogP) is 3.65. The van der Waals surface area contributed by atoms with Gasteiger partial charge in [0.15, 0.2) is 0 Å². The maximum atomic E-state index is 12.7. The van der Waals surface area contributed by atoms with Gasteiger partial charge in [-0.25, -0.2) is 0 Å². The van der Waals surface area contributed by atoms with Gasteiger partial charge in [0.2, 0.25) is 0 Å². The highest BCUT2D eigenvalue weighted by atomic mass is 32.2. The first-order valence-electron chi connectivity index (χ1n) is 7.52. The summed E-state index contributed by atoms with van der Waals surface area (Å²) in [6.45, 7) is 2.74. The second kappa shape index (κ2) is 7.36. The van der Waals surface area contributed by atoms with Crippen molar-refractivity contribution in [2.75, 3.05) is 25.4 Å². The first-order valence-corrected chi connectivity index (χ1v) is 9.49. The summed E-state index contributed by atoms with van der Waals surface area (Å²) in [5, 5.41) is 0. The highest BCUT2D eigenvalue weighted by molar-refractivity contribution is 8.38. The van der Waals surface area contributed by atoms with Gasteiger partial charge in [-0.05, 0) is 30.9 Å². The molecule has 0 unspecified atom stereocenters. The van der Waals surface area contributed by atoms with Crippen LogP contribution in [-0.2, 0) is 5.75 Å². The Labute approximate surface area is 134 Å². The van der Waals surface area contributed by atoms with E-state index in [0.717, 1.165) is 59.5 Å². The number of aliphatic imine (C=N–C) groups is 1. The zero-order valence-electron chi connectivity index (χ0n) is 12.1. The maximum absolute atomic E-state index is 12.7. The molecule has 2 heterocycles. The van der Waals surface area contributed by atoms with Crippen molar-refractivity contribution in [1.82, 2.24) is 4.90 Å². The van der Waals surface area contributed by atoms with Crippen LogP contribution in [-0.4, -0.2) is 40.6 Å². The monoisotopic (exact) mass is 320 g/mol. The summed E-state index contributed by atoms with van der Waals surface area (Å²) < 4.78 is 1.16. The second-order valence-corrected chi connectivity index (χ2v) is 7.60. The zero-order valence-corrected chi connectivity index (χ0v) is 13.7. The molecule has 0 radical (unpaired) electrons. The second-order valence-electron chi connectivity index (χ2n) is 5.29. The van der Waals surface area contributed by atoms with Crippen LogP contribution in [0.5, 0.6) is 0 Å². The van der Waals surface area contributed by atoms with E-state index >= 15 is 0 Å². The van der Waals surface area contributed by atoms with Gasteiger partial charge in [0.05, 0.1) is 6.54 Å². The lowest BCUT2D eigenvalue weighted by Crippen LogP contribution is -2.36. The molecule has 112 valence electrons. The van der Waals surface area contributed by atoms with Gasteiger partial charge >= 0.3 is 0 Å². The molecule has 0 N–H and O–H groups in total. The Morgan fingerprint density at radius 2 is 2.05 bits per heavy atom. The number of carbonyl (C=O) groups is 1. The standard InChI is InChI=1S/C16H20N2OS2/c19-15(18-9-4-1-5-10-18)14-7-3-2-6-13(14)12-21-16-17-8-11-20-16/h2-3,6-7H,1,4-5,8-12H2. The third-order valence-electron chi connectivity index (χ3n) is 3.80. The van der Waals surface area contributed by atoms with E-state index in [1.807, 2.05) is 34.9 Å². The van der Waals surface area contributed by atoms with E-state index in [9.17, 15) is 4.79 Å². The molecule has 2 aliphatic heterocycles. The third-order valence-corrected chi connectivity index (χ3v) is 6.10.